The number of primary amides is 1. The summed E-state index contributed by atoms with van der Waals surface area (Å²) < 4.78 is 10.2. The third-order valence-corrected chi connectivity index (χ3v) is 4.35. The van der Waals surface area contributed by atoms with E-state index in [2.05, 4.69) is 10.2 Å². The quantitative estimate of drug-likeness (QED) is 0.253. The Bertz CT molecular complexity index is 676. The van der Waals surface area contributed by atoms with E-state index >= 15 is 0 Å². The van der Waals surface area contributed by atoms with Crippen LogP contribution in [0.3, 0.4) is 0 Å². The number of rotatable bonds is 7. The lowest BCUT2D eigenvalue weighted by atomic mass is 9.97. The lowest BCUT2D eigenvalue weighted by Crippen LogP contribution is -2.46. The number of piperidine rings is 1. The van der Waals surface area contributed by atoms with Gasteiger partial charge in [-0.25, -0.2) is 4.99 Å². The molecule has 1 aromatic carbocycles. The molecule has 0 aliphatic carbocycles. The molecule has 0 unspecified atom stereocenters. The van der Waals surface area contributed by atoms with Crippen molar-refractivity contribution in [1.29, 1.82) is 0 Å². The summed E-state index contributed by atoms with van der Waals surface area (Å²) in [6.07, 6.45) is 1.51. The summed E-state index contributed by atoms with van der Waals surface area (Å²) in [5.74, 6) is 0.732. The molecule has 0 spiro atoms. The van der Waals surface area contributed by atoms with Gasteiger partial charge in [-0.3, -0.25) is 9.59 Å². The van der Waals surface area contributed by atoms with E-state index in [1.165, 1.54) is 7.11 Å². The fourth-order valence-electron chi connectivity index (χ4n) is 2.97. The van der Waals surface area contributed by atoms with Gasteiger partial charge in [-0.05, 0) is 37.5 Å². The van der Waals surface area contributed by atoms with Gasteiger partial charge in [0.1, 0.15) is 5.75 Å². The summed E-state index contributed by atoms with van der Waals surface area (Å²) in [4.78, 5) is 29.4. The van der Waals surface area contributed by atoms with E-state index in [4.69, 9.17) is 20.2 Å². The number of nitrogens with one attached hydrogen (secondary N) is 1. The fraction of sp³-hybridized carbons (Fsp3) is 0.526. The second kappa shape index (κ2) is 12.4. The maximum atomic E-state index is 11.7. The number of guanidine groups is 1. The van der Waals surface area contributed by atoms with E-state index in [-0.39, 0.29) is 42.5 Å². The number of likely N-dealkylation sites (tertiary alicyclic amines) is 1. The van der Waals surface area contributed by atoms with Crippen molar-refractivity contribution in [2.75, 3.05) is 33.4 Å². The van der Waals surface area contributed by atoms with Crippen molar-refractivity contribution in [2.24, 2.45) is 16.6 Å². The summed E-state index contributed by atoms with van der Waals surface area (Å²) in [5.41, 5.74) is 6.07. The zero-order chi connectivity index (χ0) is 19.6. The molecule has 1 amide bonds. The van der Waals surface area contributed by atoms with Crippen LogP contribution in [0.2, 0.25) is 0 Å². The molecule has 0 atom stereocenters. The highest BCUT2D eigenvalue weighted by molar-refractivity contribution is 14.0. The van der Waals surface area contributed by atoms with Crippen molar-refractivity contribution < 1.29 is 19.1 Å². The average molecular weight is 504 g/mol. The molecule has 0 bridgehead atoms. The molecular formula is C19H29IN4O4. The molecule has 1 aliphatic heterocycles. The highest BCUT2D eigenvalue weighted by Gasteiger charge is 2.26. The summed E-state index contributed by atoms with van der Waals surface area (Å²) >= 11 is 0. The number of ether oxygens (including phenoxy) is 2. The molecule has 0 radical (unpaired) electrons. The number of nitrogens with two attached hydrogens (primary N) is 1. The number of nitrogens with zero attached hydrogens (tertiary/aromatic N) is 2. The van der Waals surface area contributed by atoms with E-state index in [9.17, 15) is 9.59 Å². The first-order valence-corrected chi connectivity index (χ1v) is 9.14. The Kier molecular flexibility index (Phi) is 10.6. The molecule has 2 rings (SSSR count). The van der Waals surface area contributed by atoms with E-state index in [0.29, 0.717) is 12.3 Å². The van der Waals surface area contributed by atoms with Crippen LogP contribution in [0, 0.1) is 5.92 Å². The van der Waals surface area contributed by atoms with Crippen LogP contribution in [0.4, 0.5) is 0 Å². The number of hydrogen-bond acceptors (Lipinski definition) is 5. The largest absolute Gasteiger partial charge is 0.484 e. The molecule has 3 N–H and O–H groups in total. The maximum Gasteiger partial charge on any atom is 0.308 e. The van der Waals surface area contributed by atoms with Gasteiger partial charge < -0.3 is 25.4 Å². The molecule has 1 heterocycles. The lowest BCUT2D eigenvalue weighted by molar-refractivity contribution is -0.146. The smallest absolute Gasteiger partial charge is 0.308 e. The minimum absolute atomic E-state index is 0. The number of carbonyl (C=O) groups excluding carboxylic acids is 2. The molecule has 9 heteroatoms. The predicted molar refractivity (Wildman–Crippen MR) is 118 cm³/mol. The van der Waals surface area contributed by atoms with Crippen LogP contribution in [0.1, 0.15) is 25.3 Å². The predicted octanol–water partition coefficient (Wildman–Crippen LogP) is 1.52. The number of methoxy groups -OCH3 is 1. The van der Waals surface area contributed by atoms with Crippen molar-refractivity contribution >= 4 is 41.8 Å². The number of benzene rings is 1. The van der Waals surface area contributed by atoms with Crippen molar-refractivity contribution in [3.8, 4) is 5.75 Å². The monoisotopic (exact) mass is 504 g/mol. The lowest BCUT2D eigenvalue weighted by Gasteiger charge is -2.33. The Hall–Kier alpha value is -2.04. The van der Waals surface area contributed by atoms with Crippen molar-refractivity contribution in [3.05, 3.63) is 29.8 Å². The van der Waals surface area contributed by atoms with Gasteiger partial charge in [0.2, 0.25) is 0 Å². The van der Waals surface area contributed by atoms with Gasteiger partial charge in [0, 0.05) is 19.6 Å². The van der Waals surface area contributed by atoms with Crippen molar-refractivity contribution in [1.82, 2.24) is 10.2 Å². The molecule has 8 nitrogen and oxygen atoms in total. The Morgan fingerprint density at radius 3 is 2.64 bits per heavy atom. The van der Waals surface area contributed by atoms with Gasteiger partial charge in [-0.15, -0.1) is 24.0 Å². The van der Waals surface area contributed by atoms with Crippen LogP contribution in [0.25, 0.3) is 0 Å². The zero-order valence-corrected chi connectivity index (χ0v) is 18.7. The number of halogens is 1. The molecule has 1 aliphatic rings. The van der Waals surface area contributed by atoms with Crippen LogP contribution < -0.4 is 15.8 Å². The molecule has 0 saturated carbocycles. The topological polar surface area (TPSA) is 106 Å². The summed E-state index contributed by atoms with van der Waals surface area (Å²) in [6, 6.07) is 7.43. The molecule has 1 fully saturated rings. The van der Waals surface area contributed by atoms with Gasteiger partial charge in [0.25, 0.3) is 5.91 Å². The van der Waals surface area contributed by atoms with Crippen LogP contribution in [0.5, 0.6) is 5.75 Å². The molecular weight excluding hydrogens is 475 g/mol. The summed E-state index contributed by atoms with van der Waals surface area (Å²) in [7, 11) is 1.43. The third kappa shape index (κ3) is 7.53. The van der Waals surface area contributed by atoms with E-state index in [1.807, 2.05) is 25.1 Å². The zero-order valence-electron chi connectivity index (χ0n) is 16.3. The van der Waals surface area contributed by atoms with Crippen molar-refractivity contribution in [3.63, 3.8) is 0 Å². The second-order valence-electron chi connectivity index (χ2n) is 6.36. The Balaban J connectivity index is 0.00000392. The highest BCUT2D eigenvalue weighted by atomic mass is 127. The number of aliphatic imine (C=N–C) groups is 1. The number of hydrogen-bond donors (Lipinski definition) is 2. The van der Waals surface area contributed by atoms with E-state index in [1.54, 1.807) is 6.07 Å². The number of carbonyl (C=O) groups is 2. The Labute approximate surface area is 182 Å². The van der Waals surface area contributed by atoms with Gasteiger partial charge >= 0.3 is 5.97 Å². The molecule has 28 heavy (non-hydrogen) atoms. The number of esters is 1. The Morgan fingerprint density at radius 1 is 1.32 bits per heavy atom. The van der Waals surface area contributed by atoms with Crippen LogP contribution in [-0.4, -0.2) is 56.1 Å². The van der Waals surface area contributed by atoms with Gasteiger partial charge in [-0.2, -0.15) is 0 Å². The first-order valence-electron chi connectivity index (χ1n) is 9.14. The highest BCUT2D eigenvalue weighted by Crippen LogP contribution is 2.19. The molecule has 156 valence electrons. The first-order chi connectivity index (χ1) is 13.0. The van der Waals surface area contributed by atoms with Crippen LogP contribution in [0.15, 0.2) is 29.3 Å². The molecule has 1 saturated heterocycles. The number of amides is 1. The van der Waals surface area contributed by atoms with Gasteiger partial charge in [-0.1, -0.05) is 12.1 Å². The normalized spacial score (nSPS) is 14.8. The van der Waals surface area contributed by atoms with E-state index in [0.717, 1.165) is 44.0 Å². The SMILES string of the molecule is CCNC(=NCc1cccc(OCC(N)=O)c1)N1CCC(C(=O)OC)CC1.I. The van der Waals surface area contributed by atoms with E-state index < -0.39 is 5.91 Å². The van der Waals surface area contributed by atoms with Crippen LogP contribution >= 0.6 is 24.0 Å². The Morgan fingerprint density at radius 2 is 2.04 bits per heavy atom. The summed E-state index contributed by atoms with van der Waals surface area (Å²) in [6.45, 7) is 4.63. The maximum absolute atomic E-state index is 11.7. The van der Waals surface area contributed by atoms with Crippen molar-refractivity contribution in [2.45, 2.75) is 26.3 Å². The minimum atomic E-state index is -0.511. The van der Waals surface area contributed by atoms with Gasteiger partial charge in [0.15, 0.2) is 12.6 Å². The fourth-order valence-corrected chi connectivity index (χ4v) is 2.97. The summed E-state index contributed by atoms with van der Waals surface area (Å²) in [5, 5.41) is 3.30. The third-order valence-electron chi connectivity index (χ3n) is 4.35. The molecule has 0 aromatic heterocycles. The standard InChI is InChI=1S/C19H28N4O4.HI/c1-3-21-19(23-9-7-15(8-10-23)18(25)26-2)22-12-14-5-4-6-16(11-14)27-13-17(20)24;/h4-6,11,15H,3,7-10,12-13H2,1-2H3,(H2,20,24)(H,21,22);1H. The minimum Gasteiger partial charge on any atom is -0.484 e. The van der Waals surface area contributed by atoms with Crippen LogP contribution in [-0.2, 0) is 20.9 Å². The molecule has 1 aromatic rings. The first kappa shape index (κ1) is 24.0. The second-order valence-corrected chi connectivity index (χ2v) is 6.36. The van der Waals surface area contributed by atoms with Gasteiger partial charge in [0.05, 0.1) is 19.6 Å². The average Bonchev–Trinajstić information content (AvgIpc) is 2.69.